The standard InChI is InChI=1S/C25H37FO/c1-2-3-4-5-6-20-7-11-22(12-8-20)23-13-17-25(18-14-23)27-19-21-9-15-24(26)16-10-21/h5-6,9-10,15-16,20,22-23,25H,2-4,7-8,11-14,17-19H2,1H3/b6-5+/t20-,22-,23?,25?. The van der Waals surface area contributed by atoms with E-state index in [4.69, 9.17) is 4.74 Å². The molecule has 1 nitrogen and oxygen atoms in total. The largest absolute Gasteiger partial charge is 0.374 e. The lowest BCUT2D eigenvalue weighted by molar-refractivity contribution is -0.00229. The molecule has 0 atom stereocenters. The zero-order chi connectivity index (χ0) is 18.9. The van der Waals surface area contributed by atoms with Crippen LogP contribution >= 0.6 is 0 Å². The van der Waals surface area contributed by atoms with Crippen molar-refractivity contribution in [3.05, 3.63) is 47.8 Å². The number of hydrogen-bond acceptors (Lipinski definition) is 1. The van der Waals surface area contributed by atoms with Crippen LogP contribution < -0.4 is 0 Å². The maximum absolute atomic E-state index is 13.0. The van der Waals surface area contributed by atoms with Crippen LogP contribution in [0.5, 0.6) is 0 Å². The summed E-state index contributed by atoms with van der Waals surface area (Å²) in [5.41, 5.74) is 1.07. The molecule has 27 heavy (non-hydrogen) atoms. The van der Waals surface area contributed by atoms with Gasteiger partial charge in [0, 0.05) is 0 Å². The van der Waals surface area contributed by atoms with E-state index in [1.165, 1.54) is 82.8 Å². The Labute approximate surface area is 165 Å². The van der Waals surface area contributed by atoms with Crippen LogP contribution in [0.3, 0.4) is 0 Å². The molecule has 0 bridgehead atoms. The van der Waals surface area contributed by atoms with E-state index in [-0.39, 0.29) is 5.82 Å². The molecule has 0 aliphatic heterocycles. The van der Waals surface area contributed by atoms with Gasteiger partial charge in [-0.3, -0.25) is 0 Å². The van der Waals surface area contributed by atoms with E-state index in [1.54, 1.807) is 0 Å². The summed E-state index contributed by atoms with van der Waals surface area (Å²) < 4.78 is 19.1. The molecule has 0 heterocycles. The molecule has 0 unspecified atom stereocenters. The van der Waals surface area contributed by atoms with E-state index in [9.17, 15) is 4.39 Å². The zero-order valence-electron chi connectivity index (χ0n) is 17.0. The molecular formula is C25H37FO. The fraction of sp³-hybridized carbons (Fsp3) is 0.680. The molecule has 0 saturated heterocycles. The second-order valence-corrected chi connectivity index (χ2v) is 8.72. The Morgan fingerprint density at radius 1 is 0.926 bits per heavy atom. The van der Waals surface area contributed by atoms with Crippen molar-refractivity contribution in [2.45, 2.75) is 90.3 Å². The zero-order valence-corrected chi connectivity index (χ0v) is 17.0. The smallest absolute Gasteiger partial charge is 0.123 e. The first-order chi connectivity index (χ1) is 13.2. The minimum Gasteiger partial charge on any atom is -0.374 e. The molecule has 2 saturated carbocycles. The van der Waals surface area contributed by atoms with Gasteiger partial charge >= 0.3 is 0 Å². The number of halogens is 1. The number of benzene rings is 1. The van der Waals surface area contributed by atoms with Gasteiger partial charge in [-0.25, -0.2) is 4.39 Å². The number of unbranched alkanes of at least 4 members (excludes halogenated alkanes) is 2. The highest BCUT2D eigenvalue weighted by atomic mass is 19.1. The van der Waals surface area contributed by atoms with Gasteiger partial charge in [0.25, 0.3) is 0 Å². The lowest BCUT2D eigenvalue weighted by Crippen LogP contribution is -2.28. The molecule has 0 spiro atoms. The molecule has 0 aromatic heterocycles. The van der Waals surface area contributed by atoms with E-state index < -0.39 is 0 Å². The van der Waals surface area contributed by atoms with Crippen LogP contribution in [0, 0.1) is 23.6 Å². The Bertz CT molecular complexity index is 548. The fourth-order valence-corrected chi connectivity index (χ4v) is 4.94. The summed E-state index contributed by atoms with van der Waals surface area (Å²) in [6.45, 7) is 2.88. The van der Waals surface area contributed by atoms with Crippen molar-refractivity contribution in [2.75, 3.05) is 0 Å². The van der Waals surface area contributed by atoms with Crippen molar-refractivity contribution in [3.63, 3.8) is 0 Å². The van der Waals surface area contributed by atoms with Crippen molar-refractivity contribution in [3.8, 4) is 0 Å². The Balaban J connectivity index is 1.32. The van der Waals surface area contributed by atoms with Crippen LogP contribution in [-0.4, -0.2) is 6.10 Å². The van der Waals surface area contributed by atoms with Crippen LogP contribution in [0.15, 0.2) is 36.4 Å². The average molecular weight is 373 g/mol. The number of hydrogen-bond donors (Lipinski definition) is 0. The lowest BCUT2D eigenvalue weighted by Gasteiger charge is -2.37. The van der Waals surface area contributed by atoms with Crippen LogP contribution in [0.25, 0.3) is 0 Å². The third-order valence-electron chi connectivity index (χ3n) is 6.73. The van der Waals surface area contributed by atoms with Crippen LogP contribution in [-0.2, 0) is 11.3 Å². The highest BCUT2D eigenvalue weighted by Gasteiger charge is 2.30. The number of rotatable bonds is 8. The van der Waals surface area contributed by atoms with Crippen LogP contribution in [0.2, 0.25) is 0 Å². The Kier molecular flexibility index (Phi) is 8.38. The van der Waals surface area contributed by atoms with Gasteiger partial charge in [0.05, 0.1) is 12.7 Å². The van der Waals surface area contributed by atoms with Gasteiger partial charge in [-0.2, -0.15) is 0 Å². The maximum atomic E-state index is 13.0. The molecule has 150 valence electrons. The summed E-state index contributed by atoms with van der Waals surface area (Å²) in [6.07, 6.45) is 19.9. The number of ether oxygens (including phenoxy) is 1. The van der Waals surface area contributed by atoms with Gasteiger partial charge in [0.1, 0.15) is 5.82 Å². The van der Waals surface area contributed by atoms with Gasteiger partial charge in [-0.15, -0.1) is 0 Å². The molecule has 2 fully saturated rings. The van der Waals surface area contributed by atoms with E-state index in [2.05, 4.69) is 19.1 Å². The van der Waals surface area contributed by atoms with Crippen molar-refractivity contribution < 1.29 is 9.13 Å². The van der Waals surface area contributed by atoms with E-state index in [0.29, 0.717) is 12.7 Å². The highest BCUT2D eigenvalue weighted by molar-refractivity contribution is 5.15. The van der Waals surface area contributed by atoms with Gasteiger partial charge in [-0.1, -0.05) is 44.1 Å². The summed E-state index contributed by atoms with van der Waals surface area (Å²) in [4.78, 5) is 0. The predicted octanol–water partition coefficient (Wildman–Crippen LogP) is 7.45. The monoisotopic (exact) mass is 372 g/mol. The van der Waals surface area contributed by atoms with Gasteiger partial charge in [-0.05, 0) is 93.2 Å². The van der Waals surface area contributed by atoms with Crippen molar-refractivity contribution >= 4 is 0 Å². The second-order valence-electron chi connectivity index (χ2n) is 8.72. The molecule has 2 aliphatic rings. The minimum atomic E-state index is -0.176. The Hall–Kier alpha value is -1.15. The third kappa shape index (κ3) is 6.75. The van der Waals surface area contributed by atoms with E-state index >= 15 is 0 Å². The van der Waals surface area contributed by atoms with Crippen LogP contribution in [0.4, 0.5) is 4.39 Å². The first-order valence-corrected chi connectivity index (χ1v) is 11.3. The third-order valence-corrected chi connectivity index (χ3v) is 6.73. The first kappa shape index (κ1) is 20.6. The van der Waals surface area contributed by atoms with Gasteiger partial charge in [0.15, 0.2) is 0 Å². The SMILES string of the molecule is CCCC/C=C/[C@H]1CC[C@H](C2CCC(OCc3ccc(F)cc3)CC2)CC1. The maximum Gasteiger partial charge on any atom is 0.123 e. The molecule has 3 rings (SSSR count). The van der Waals surface area contributed by atoms with Gasteiger partial charge in [0.2, 0.25) is 0 Å². The van der Waals surface area contributed by atoms with E-state index in [0.717, 1.165) is 23.3 Å². The Morgan fingerprint density at radius 2 is 1.56 bits per heavy atom. The summed E-state index contributed by atoms with van der Waals surface area (Å²) in [6, 6.07) is 6.70. The van der Waals surface area contributed by atoms with Crippen LogP contribution in [0.1, 0.15) is 83.1 Å². The summed E-state index contributed by atoms with van der Waals surface area (Å²) in [5.74, 6) is 2.53. The fourth-order valence-electron chi connectivity index (χ4n) is 4.94. The summed E-state index contributed by atoms with van der Waals surface area (Å²) >= 11 is 0. The van der Waals surface area contributed by atoms with Crippen molar-refractivity contribution in [1.29, 1.82) is 0 Å². The molecule has 2 aliphatic carbocycles. The predicted molar refractivity (Wildman–Crippen MR) is 111 cm³/mol. The second kappa shape index (κ2) is 11.0. The van der Waals surface area contributed by atoms with E-state index in [1.807, 2.05) is 12.1 Å². The topological polar surface area (TPSA) is 9.23 Å². The molecule has 1 aromatic rings. The summed E-state index contributed by atoms with van der Waals surface area (Å²) in [5, 5.41) is 0. The van der Waals surface area contributed by atoms with Crippen molar-refractivity contribution in [2.24, 2.45) is 17.8 Å². The quantitative estimate of drug-likeness (QED) is 0.340. The molecular weight excluding hydrogens is 335 g/mol. The minimum absolute atomic E-state index is 0.176. The first-order valence-electron chi connectivity index (χ1n) is 11.3. The van der Waals surface area contributed by atoms with Gasteiger partial charge < -0.3 is 4.74 Å². The average Bonchev–Trinajstić information content (AvgIpc) is 2.72. The summed E-state index contributed by atoms with van der Waals surface area (Å²) in [7, 11) is 0. The molecule has 1 aromatic carbocycles. The van der Waals surface area contributed by atoms with Crippen molar-refractivity contribution in [1.82, 2.24) is 0 Å². The molecule has 0 amide bonds. The normalized spacial score (nSPS) is 29.3. The molecule has 0 radical (unpaired) electrons. The molecule has 2 heteroatoms. The highest BCUT2D eigenvalue weighted by Crippen LogP contribution is 2.41. The molecule has 0 N–H and O–H groups in total. The lowest BCUT2D eigenvalue weighted by atomic mass is 9.70. The Morgan fingerprint density at radius 3 is 2.19 bits per heavy atom. The number of allylic oxidation sites excluding steroid dienone is 2.